The zero-order valence-corrected chi connectivity index (χ0v) is 11.9. The summed E-state index contributed by atoms with van der Waals surface area (Å²) in [5, 5.41) is 0. The van der Waals surface area contributed by atoms with Crippen molar-refractivity contribution >= 4 is 17.9 Å². The maximum atomic E-state index is 11.1. The molecule has 0 aliphatic carbocycles. The molecule has 1 rings (SSSR count). The van der Waals surface area contributed by atoms with Gasteiger partial charge in [-0.3, -0.25) is 14.4 Å². The molecule has 7 heteroatoms. The summed E-state index contributed by atoms with van der Waals surface area (Å²) >= 11 is 0. The van der Waals surface area contributed by atoms with Gasteiger partial charge in [-0.15, -0.1) is 0 Å². The first-order valence-electron chi connectivity index (χ1n) is 6.08. The highest BCUT2D eigenvalue weighted by Gasteiger charge is 2.44. The number of rotatable bonds is 3. The van der Waals surface area contributed by atoms with Gasteiger partial charge in [0.05, 0.1) is 0 Å². The van der Waals surface area contributed by atoms with Crippen LogP contribution in [0.1, 0.15) is 27.7 Å². The van der Waals surface area contributed by atoms with E-state index in [-0.39, 0.29) is 0 Å². The molecule has 0 amide bonds. The Morgan fingerprint density at radius 1 is 0.950 bits per heavy atom. The van der Waals surface area contributed by atoms with Gasteiger partial charge in [-0.2, -0.15) is 0 Å². The van der Waals surface area contributed by atoms with E-state index in [2.05, 4.69) is 6.58 Å². The van der Waals surface area contributed by atoms with E-state index in [1.165, 1.54) is 20.8 Å². The third-order valence-corrected chi connectivity index (χ3v) is 2.62. The molecule has 1 heterocycles. The Bertz CT molecular complexity index is 428. The van der Waals surface area contributed by atoms with Crippen molar-refractivity contribution in [3.63, 3.8) is 0 Å². The van der Waals surface area contributed by atoms with Gasteiger partial charge in [-0.05, 0) is 6.92 Å². The lowest BCUT2D eigenvalue weighted by Gasteiger charge is -2.39. The largest absolute Gasteiger partial charge is 0.455 e. The van der Waals surface area contributed by atoms with Gasteiger partial charge >= 0.3 is 17.9 Å². The Morgan fingerprint density at radius 3 is 1.85 bits per heavy atom. The lowest BCUT2D eigenvalue weighted by Crippen LogP contribution is -2.52. The molecule has 0 saturated carbocycles. The molecule has 0 N–H and O–H groups in total. The fourth-order valence-electron chi connectivity index (χ4n) is 1.91. The molecule has 1 aliphatic heterocycles. The summed E-state index contributed by atoms with van der Waals surface area (Å²) in [6, 6.07) is 0. The smallest absolute Gasteiger partial charge is 0.305 e. The molecule has 1 saturated heterocycles. The molecule has 20 heavy (non-hydrogen) atoms. The SMILES string of the molecule is C=C1[C@@H](OC(C)=O)[C@@H](OC(C)=O)O[C@H](C)[C@H]1OC(C)=O. The predicted molar refractivity (Wildman–Crippen MR) is 66.3 cm³/mol. The molecular weight excluding hydrogens is 268 g/mol. The van der Waals surface area contributed by atoms with Crippen LogP contribution < -0.4 is 0 Å². The normalized spacial score (nSPS) is 29.5. The van der Waals surface area contributed by atoms with Crippen LogP contribution in [0.3, 0.4) is 0 Å². The fraction of sp³-hybridized carbons (Fsp3) is 0.615. The van der Waals surface area contributed by atoms with Crippen LogP contribution in [0.4, 0.5) is 0 Å². The first kappa shape index (κ1) is 16.2. The summed E-state index contributed by atoms with van der Waals surface area (Å²) in [4.78, 5) is 33.3. The van der Waals surface area contributed by atoms with Crippen molar-refractivity contribution in [2.75, 3.05) is 0 Å². The van der Waals surface area contributed by atoms with Crippen LogP contribution in [0.25, 0.3) is 0 Å². The van der Waals surface area contributed by atoms with E-state index in [4.69, 9.17) is 18.9 Å². The Balaban J connectivity index is 2.95. The van der Waals surface area contributed by atoms with Gasteiger partial charge in [-0.1, -0.05) is 6.58 Å². The summed E-state index contributed by atoms with van der Waals surface area (Å²) < 4.78 is 20.5. The van der Waals surface area contributed by atoms with E-state index < -0.39 is 42.5 Å². The van der Waals surface area contributed by atoms with Crippen molar-refractivity contribution in [3.05, 3.63) is 12.2 Å². The summed E-state index contributed by atoms with van der Waals surface area (Å²) in [6.45, 7) is 9.07. The summed E-state index contributed by atoms with van der Waals surface area (Å²) in [5.74, 6) is -1.69. The van der Waals surface area contributed by atoms with Gasteiger partial charge in [-0.25, -0.2) is 0 Å². The van der Waals surface area contributed by atoms with E-state index in [0.717, 1.165) is 0 Å². The molecule has 4 atom stereocenters. The topological polar surface area (TPSA) is 88.1 Å². The van der Waals surface area contributed by atoms with Crippen molar-refractivity contribution < 1.29 is 33.3 Å². The average Bonchev–Trinajstić information content (AvgIpc) is 2.28. The van der Waals surface area contributed by atoms with E-state index in [0.29, 0.717) is 5.57 Å². The van der Waals surface area contributed by atoms with Gasteiger partial charge in [0.2, 0.25) is 6.29 Å². The molecule has 1 fully saturated rings. The molecular formula is C13H18O7. The molecule has 0 bridgehead atoms. The molecule has 0 unspecified atom stereocenters. The van der Waals surface area contributed by atoms with Gasteiger partial charge in [0.1, 0.15) is 6.10 Å². The van der Waals surface area contributed by atoms with Crippen molar-refractivity contribution in [1.29, 1.82) is 0 Å². The highest BCUT2D eigenvalue weighted by Crippen LogP contribution is 2.29. The van der Waals surface area contributed by atoms with Crippen LogP contribution in [-0.4, -0.2) is 42.5 Å². The zero-order chi connectivity index (χ0) is 15.4. The molecule has 7 nitrogen and oxygen atoms in total. The Labute approximate surface area is 116 Å². The van der Waals surface area contributed by atoms with E-state index in [1.807, 2.05) is 0 Å². The summed E-state index contributed by atoms with van der Waals surface area (Å²) in [6.07, 6.45) is -3.48. The van der Waals surface area contributed by atoms with E-state index in [9.17, 15) is 14.4 Å². The number of hydrogen-bond acceptors (Lipinski definition) is 7. The summed E-state index contributed by atoms with van der Waals surface area (Å²) in [5.41, 5.74) is 0.306. The maximum Gasteiger partial charge on any atom is 0.305 e. The number of carbonyl (C=O) groups is 3. The number of carbonyl (C=O) groups excluding carboxylic acids is 3. The number of hydrogen-bond donors (Lipinski definition) is 0. The van der Waals surface area contributed by atoms with Crippen LogP contribution >= 0.6 is 0 Å². The van der Waals surface area contributed by atoms with Crippen molar-refractivity contribution in [3.8, 4) is 0 Å². The molecule has 0 spiro atoms. The number of esters is 3. The Hall–Kier alpha value is -1.89. The molecule has 0 aromatic rings. The van der Waals surface area contributed by atoms with E-state index >= 15 is 0 Å². The van der Waals surface area contributed by atoms with Gasteiger partial charge in [0.15, 0.2) is 12.2 Å². The monoisotopic (exact) mass is 286 g/mol. The van der Waals surface area contributed by atoms with Crippen LogP contribution in [0.15, 0.2) is 12.2 Å². The lowest BCUT2D eigenvalue weighted by molar-refractivity contribution is -0.243. The van der Waals surface area contributed by atoms with E-state index in [1.54, 1.807) is 6.92 Å². The molecule has 0 radical (unpaired) electrons. The third kappa shape index (κ3) is 4.06. The number of ether oxygens (including phenoxy) is 4. The van der Waals surface area contributed by atoms with Crippen molar-refractivity contribution in [2.24, 2.45) is 0 Å². The Kier molecular flexibility index (Phi) is 5.26. The molecule has 0 aromatic carbocycles. The zero-order valence-electron chi connectivity index (χ0n) is 11.9. The highest BCUT2D eigenvalue weighted by molar-refractivity contribution is 5.68. The minimum Gasteiger partial charge on any atom is -0.455 e. The second-order valence-electron chi connectivity index (χ2n) is 4.45. The third-order valence-electron chi connectivity index (χ3n) is 2.62. The Morgan fingerprint density at radius 2 is 1.40 bits per heavy atom. The van der Waals surface area contributed by atoms with Crippen LogP contribution in [0.2, 0.25) is 0 Å². The first-order chi connectivity index (χ1) is 9.22. The summed E-state index contributed by atoms with van der Waals surface area (Å²) in [7, 11) is 0. The van der Waals surface area contributed by atoms with Crippen LogP contribution in [0.5, 0.6) is 0 Å². The second kappa shape index (κ2) is 6.51. The van der Waals surface area contributed by atoms with Gasteiger partial charge < -0.3 is 18.9 Å². The molecule has 1 aliphatic rings. The second-order valence-corrected chi connectivity index (χ2v) is 4.45. The van der Waals surface area contributed by atoms with Gasteiger partial charge in [0, 0.05) is 26.3 Å². The minimum absolute atomic E-state index is 0.306. The van der Waals surface area contributed by atoms with Crippen molar-refractivity contribution in [2.45, 2.75) is 52.3 Å². The standard InChI is InChI=1S/C13H18O7/c1-6-11(18-8(3)14)7(2)17-13(20-10(5)16)12(6)19-9(4)15/h7,11-13H,1H2,2-5H3/t7-,11+,12-,13-/m1/s1. The maximum absolute atomic E-state index is 11.1. The first-order valence-corrected chi connectivity index (χ1v) is 6.08. The lowest BCUT2D eigenvalue weighted by atomic mass is 9.97. The highest BCUT2D eigenvalue weighted by atomic mass is 16.7. The minimum atomic E-state index is -1.11. The van der Waals surface area contributed by atoms with Crippen LogP contribution in [-0.2, 0) is 33.3 Å². The van der Waals surface area contributed by atoms with Crippen molar-refractivity contribution in [1.82, 2.24) is 0 Å². The quantitative estimate of drug-likeness (QED) is 0.429. The van der Waals surface area contributed by atoms with Gasteiger partial charge in [0.25, 0.3) is 0 Å². The average molecular weight is 286 g/mol. The van der Waals surface area contributed by atoms with Crippen LogP contribution in [0, 0.1) is 0 Å². The molecule has 112 valence electrons. The predicted octanol–water partition coefficient (Wildman–Crippen LogP) is 0.714. The fourth-order valence-corrected chi connectivity index (χ4v) is 1.91. The molecule has 0 aromatic heterocycles.